The van der Waals surface area contributed by atoms with Crippen LogP contribution >= 0.6 is 0 Å². The molecule has 0 spiro atoms. The number of Topliss-reactive ketones (excluding diaryl/α,β-unsaturated/α-hetero) is 1. The van der Waals surface area contributed by atoms with E-state index in [1.165, 1.54) is 5.56 Å². The number of benzene rings is 1. The molecule has 4 rings (SSSR count). The van der Waals surface area contributed by atoms with E-state index in [2.05, 4.69) is 22.4 Å². The van der Waals surface area contributed by atoms with E-state index in [9.17, 15) is 9.59 Å². The Morgan fingerprint density at radius 3 is 2.62 bits per heavy atom. The number of hydrogen-bond acceptors (Lipinski definition) is 2. The van der Waals surface area contributed by atoms with Crippen LogP contribution in [0.3, 0.4) is 0 Å². The molecule has 1 heterocycles. The Hall–Kier alpha value is -2.36. The standard InChI is InChI=1S/C20H22N2O2/c1-13-17-15(8-5-9-16(17)23)22-18(13)19(24)21-12-20(10-11-20)14-6-3-2-4-7-14/h2-4,6-7,22H,5,8-12H2,1H3,(H,21,24). The molecule has 1 aromatic heterocycles. The van der Waals surface area contributed by atoms with Gasteiger partial charge in [0, 0.05) is 29.6 Å². The third-order valence-corrected chi connectivity index (χ3v) is 5.49. The molecular formula is C20H22N2O2. The number of amides is 1. The molecule has 2 N–H and O–H groups in total. The summed E-state index contributed by atoms with van der Waals surface area (Å²) in [6, 6.07) is 10.4. The van der Waals surface area contributed by atoms with Crippen molar-refractivity contribution in [1.82, 2.24) is 10.3 Å². The molecule has 4 heteroatoms. The highest BCUT2D eigenvalue weighted by atomic mass is 16.2. The first kappa shape index (κ1) is 15.2. The summed E-state index contributed by atoms with van der Waals surface area (Å²) in [5.74, 6) is 0.0592. The van der Waals surface area contributed by atoms with Crippen molar-refractivity contribution in [2.45, 2.75) is 44.4 Å². The van der Waals surface area contributed by atoms with Gasteiger partial charge in [0.2, 0.25) is 0 Å². The van der Waals surface area contributed by atoms with Crippen LogP contribution in [0.25, 0.3) is 0 Å². The second-order valence-corrected chi connectivity index (χ2v) is 7.08. The lowest BCUT2D eigenvalue weighted by molar-refractivity contribution is 0.0943. The number of aromatic nitrogens is 1. The van der Waals surface area contributed by atoms with Crippen LogP contribution in [0.2, 0.25) is 0 Å². The monoisotopic (exact) mass is 322 g/mol. The minimum Gasteiger partial charge on any atom is -0.354 e. The molecule has 4 nitrogen and oxygen atoms in total. The molecule has 124 valence electrons. The highest BCUT2D eigenvalue weighted by Gasteiger charge is 2.44. The van der Waals surface area contributed by atoms with E-state index in [0.717, 1.165) is 42.5 Å². The Kier molecular flexibility index (Phi) is 3.56. The molecule has 1 aromatic carbocycles. The third-order valence-electron chi connectivity index (χ3n) is 5.49. The maximum absolute atomic E-state index is 12.6. The van der Waals surface area contributed by atoms with Crippen molar-refractivity contribution in [3.05, 3.63) is 58.4 Å². The summed E-state index contributed by atoms with van der Waals surface area (Å²) in [7, 11) is 0. The Balaban J connectivity index is 1.51. The fraction of sp³-hybridized carbons (Fsp3) is 0.400. The summed E-state index contributed by atoms with van der Waals surface area (Å²) in [6.07, 6.45) is 4.52. The molecule has 0 bridgehead atoms. The van der Waals surface area contributed by atoms with Crippen molar-refractivity contribution in [1.29, 1.82) is 0 Å². The van der Waals surface area contributed by atoms with Crippen LogP contribution in [0.15, 0.2) is 30.3 Å². The van der Waals surface area contributed by atoms with Gasteiger partial charge in [-0.15, -0.1) is 0 Å². The van der Waals surface area contributed by atoms with Crippen LogP contribution in [-0.2, 0) is 11.8 Å². The summed E-state index contributed by atoms with van der Waals surface area (Å²) in [5.41, 5.74) is 4.42. The van der Waals surface area contributed by atoms with Gasteiger partial charge >= 0.3 is 0 Å². The zero-order chi connectivity index (χ0) is 16.7. The van der Waals surface area contributed by atoms with Crippen molar-refractivity contribution < 1.29 is 9.59 Å². The van der Waals surface area contributed by atoms with Crippen LogP contribution in [-0.4, -0.2) is 23.2 Å². The van der Waals surface area contributed by atoms with E-state index in [-0.39, 0.29) is 17.1 Å². The van der Waals surface area contributed by atoms with Gasteiger partial charge in [-0.3, -0.25) is 9.59 Å². The average molecular weight is 322 g/mol. The second kappa shape index (κ2) is 5.62. The molecule has 0 unspecified atom stereocenters. The van der Waals surface area contributed by atoms with Gasteiger partial charge < -0.3 is 10.3 Å². The molecule has 24 heavy (non-hydrogen) atoms. The van der Waals surface area contributed by atoms with Gasteiger partial charge in [0.1, 0.15) is 5.69 Å². The van der Waals surface area contributed by atoms with E-state index >= 15 is 0 Å². The number of carbonyl (C=O) groups is 2. The topological polar surface area (TPSA) is 62.0 Å². The number of nitrogens with one attached hydrogen (secondary N) is 2. The highest BCUT2D eigenvalue weighted by Crippen LogP contribution is 2.47. The molecule has 0 saturated heterocycles. The lowest BCUT2D eigenvalue weighted by Crippen LogP contribution is -2.32. The van der Waals surface area contributed by atoms with Gasteiger partial charge in [0.15, 0.2) is 5.78 Å². The second-order valence-electron chi connectivity index (χ2n) is 7.08. The van der Waals surface area contributed by atoms with Gasteiger partial charge in [-0.25, -0.2) is 0 Å². The molecule has 2 aromatic rings. The molecule has 2 aliphatic carbocycles. The van der Waals surface area contributed by atoms with Crippen molar-refractivity contribution in [3.8, 4) is 0 Å². The Morgan fingerprint density at radius 2 is 1.96 bits per heavy atom. The molecule has 1 fully saturated rings. The number of rotatable bonds is 4. The van der Waals surface area contributed by atoms with Gasteiger partial charge in [-0.2, -0.15) is 0 Å². The number of hydrogen-bond donors (Lipinski definition) is 2. The first-order chi connectivity index (χ1) is 11.6. The number of aryl methyl sites for hydroxylation is 1. The summed E-state index contributed by atoms with van der Waals surface area (Å²) in [4.78, 5) is 27.9. The fourth-order valence-electron chi connectivity index (χ4n) is 3.85. The van der Waals surface area contributed by atoms with E-state index in [4.69, 9.17) is 0 Å². The van der Waals surface area contributed by atoms with Gasteiger partial charge in [-0.1, -0.05) is 30.3 Å². The number of ketones is 1. The zero-order valence-corrected chi connectivity index (χ0v) is 13.9. The lowest BCUT2D eigenvalue weighted by atomic mass is 9.93. The fourth-order valence-corrected chi connectivity index (χ4v) is 3.85. The molecule has 2 aliphatic rings. The van der Waals surface area contributed by atoms with Gasteiger partial charge in [0.05, 0.1) is 0 Å². The van der Waals surface area contributed by atoms with Crippen LogP contribution in [0.5, 0.6) is 0 Å². The molecule has 0 aliphatic heterocycles. The Bertz CT molecular complexity index is 801. The van der Waals surface area contributed by atoms with Crippen LogP contribution in [0.4, 0.5) is 0 Å². The van der Waals surface area contributed by atoms with E-state index in [0.29, 0.717) is 18.7 Å². The van der Waals surface area contributed by atoms with Gasteiger partial charge in [-0.05, 0) is 43.7 Å². The summed E-state index contributed by atoms with van der Waals surface area (Å²) >= 11 is 0. The number of fused-ring (bicyclic) bond motifs is 1. The quantitative estimate of drug-likeness (QED) is 0.907. The molecular weight excluding hydrogens is 300 g/mol. The average Bonchev–Trinajstić information content (AvgIpc) is 3.32. The van der Waals surface area contributed by atoms with E-state index < -0.39 is 0 Å². The highest BCUT2D eigenvalue weighted by molar-refractivity contribution is 6.04. The molecule has 0 atom stereocenters. The van der Waals surface area contributed by atoms with Crippen molar-refractivity contribution >= 4 is 11.7 Å². The SMILES string of the molecule is Cc1c(C(=O)NCC2(c3ccccc3)CC2)[nH]c2c1C(=O)CCC2. The van der Waals surface area contributed by atoms with Crippen molar-refractivity contribution in [2.24, 2.45) is 0 Å². The van der Waals surface area contributed by atoms with Crippen LogP contribution in [0.1, 0.15) is 63.4 Å². The maximum Gasteiger partial charge on any atom is 0.268 e. The Morgan fingerprint density at radius 1 is 1.21 bits per heavy atom. The predicted octanol–water partition coefficient (Wildman–Crippen LogP) is 3.30. The van der Waals surface area contributed by atoms with E-state index in [1.54, 1.807) is 0 Å². The van der Waals surface area contributed by atoms with E-state index in [1.807, 2.05) is 25.1 Å². The summed E-state index contributed by atoms with van der Waals surface area (Å²) in [5, 5.41) is 3.08. The minimum absolute atomic E-state index is 0.0901. The first-order valence-electron chi connectivity index (χ1n) is 8.69. The smallest absolute Gasteiger partial charge is 0.268 e. The summed E-state index contributed by atoms with van der Waals surface area (Å²) < 4.78 is 0. The number of carbonyl (C=O) groups excluding carboxylic acids is 2. The Labute approximate surface area is 141 Å². The number of H-pyrrole nitrogens is 1. The molecule has 0 radical (unpaired) electrons. The first-order valence-corrected chi connectivity index (χ1v) is 8.69. The minimum atomic E-state index is -0.100. The lowest BCUT2D eigenvalue weighted by Gasteiger charge is -2.16. The van der Waals surface area contributed by atoms with Crippen LogP contribution < -0.4 is 5.32 Å². The molecule has 1 saturated carbocycles. The molecule has 1 amide bonds. The summed E-state index contributed by atoms with van der Waals surface area (Å²) in [6.45, 7) is 2.52. The predicted molar refractivity (Wildman–Crippen MR) is 92.5 cm³/mol. The van der Waals surface area contributed by atoms with Crippen molar-refractivity contribution in [2.75, 3.05) is 6.54 Å². The van der Waals surface area contributed by atoms with Crippen LogP contribution in [0, 0.1) is 6.92 Å². The maximum atomic E-state index is 12.6. The number of aromatic amines is 1. The van der Waals surface area contributed by atoms with Crippen molar-refractivity contribution in [3.63, 3.8) is 0 Å². The largest absolute Gasteiger partial charge is 0.354 e. The third kappa shape index (κ3) is 2.46. The normalized spacial score (nSPS) is 18.1. The van der Waals surface area contributed by atoms with Gasteiger partial charge in [0.25, 0.3) is 5.91 Å². The zero-order valence-electron chi connectivity index (χ0n) is 13.9.